The van der Waals surface area contributed by atoms with Gasteiger partial charge in [-0.15, -0.1) is 0 Å². The summed E-state index contributed by atoms with van der Waals surface area (Å²) in [6.07, 6.45) is -4.38. The van der Waals surface area contributed by atoms with Gasteiger partial charge in [0.05, 0.1) is 32.4 Å². The summed E-state index contributed by atoms with van der Waals surface area (Å²) >= 11 is 0. The molecule has 0 spiro atoms. The largest absolute Gasteiger partial charge is 0.496 e. The highest BCUT2D eigenvalue weighted by Gasteiger charge is 2.29. The highest BCUT2D eigenvalue weighted by molar-refractivity contribution is 5.47. The fourth-order valence-corrected chi connectivity index (χ4v) is 1.73. The van der Waals surface area contributed by atoms with Gasteiger partial charge in [0.2, 0.25) is 0 Å². The molecule has 0 bridgehead atoms. The maximum Gasteiger partial charge on any atom is 0.411 e. The van der Waals surface area contributed by atoms with E-state index in [0.29, 0.717) is 17.1 Å². The smallest absolute Gasteiger partial charge is 0.411 e. The van der Waals surface area contributed by atoms with E-state index in [2.05, 4.69) is 10.2 Å². The number of methoxy groups -OCH3 is 2. The Kier molecular flexibility index (Phi) is 6.05. The molecule has 0 aromatic heterocycles. The molecule has 0 saturated heterocycles. The monoisotopic (exact) mass is 294 g/mol. The van der Waals surface area contributed by atoms with E-state index in [-0.39, 0.29) is 6.61 Å². The van der Waals surface area contributed by atoms with Crippen LogP contribution in [0, 0.1) is 0 Å². The molecule has 20 heavy (non-hydrogen) atoms. The molecule has 0 radical (unpaired) electrons. The van der Waals surface area contributed by atoms with E-state index in [4.69, 9.17) is 15.3 Å². The van der Waals surface area contributed by atoms with Crippen LogP contribution >= 0.6 is 0 Å². The van der Waals surface area contributed by atoms with Crippen LogP contribution in [0.15, 0.2) is 18.2 Å². The Morgan fingerprint density at radius 1 is 1.20 bits per heavy atom. The third kappa shape index (κ3) is 4.55. The van der Waals surface area contributed by atoms with E-state index in [1.807, 2.05) is 0 Å². The number of hydrogen-bond acceptors (Lipinski definition) is 5. The second-order valence-electron chi connectivity index (χ2n) is 3.93. The normalized spacial score (nSPS) is 13.1. The number of nitrogens with two attached hydrogens (primary N) is 1. The summed E-state index contributed by atoms with van der Waals surface area (Å²) in [5, 5.41) is 0. The number of nitrogens with one attached hydrogen (secondary N) is 1. The van der Waals surface area contributed by atoms with E-state index in [0.717, 1.165) is 0 Å². The van der Waals surface area contributed by atoms with Crippen molar-refractivity contribution in [3.8, 4) is 11.5 Å². The summed E-state index contributed by atoms with van der Waals surface area (Å²) in [4.78, 5) is 0. The van der Waals surface area contributed by atoms with Crippen LogP contribution in [0.5, 0.6) is 11.5 Å². The fourth-order valence-electron chi connectivity index (χ4n) is 1.73. The van der Waals surface area contributed by atoms with Gasteiger partial charge in [-0.05, 0) is 12.1 Å². The number of alkyl halides is 3. The Morgan fingerprint density at radius 2 is 1.75 bits per heavy atom. The molecular formula is C12H17F3N2O3. The van der Waals surface area contributed by atoms with E-state index >= 15 is 0 Å². The molecule has 0 amide bonds. The molecule has 0 fully saturated rings. The Morgan fingerprint density at radius 3 is 2.15 bits per heavy atom. The molecule has 1 aromatic rings. The van der Waals surface area contributed by atoms with E-state index in [9.17, 15) is 13.2 Å². The first-order chi connectivity index (χ1) is 9.42. The van der Waals surface area contributed by atoms with Gasteiger partial charge in [0, 0.05) is 0 Å². The second kappa shape index (κ2) is 7.32. The molecule has 0 aliphatic carbocycles. The van der Waals surface area contributed by atoms with Crippen molar-refractivity contribution >= 4 is 0 Å². The second-order valence-corrected chi connectivity index (χ2v) is 3.93. The highest BCUT2D eigenvalue weighted by atomic mass is 19.4. The predicted molar refractivity (Wildman–Crippen MR) is 66.5 cm³/mol. The Labute approximate surface area is 114 Å². The van der Waals surface area contributed by atoms with Gasteiger partial charge in [-0.2, -0.15) is 13.2 Å². The molecule has 0 saturated carbocycles. The highest BCUT2D eigenvalue weighted by Crippen LogP contribution is 2.34. The van der Waals surface area contributed by atoms with Crippen molar-refractivity contribution in [1.29, 1.82) is 0 Å². The van der Waals surface area contributed by atoms with Gasteiger partial charge in [-0.25, -0.2) is 0 Å². The van der Waals surface area contributed by atoms with Crippen LogP contribution in [-0.4, -0.2) is 33.6 Å². The first-order valence-electron chi connectivity index (χ1n) is 5.74. The van der Waals surface area contributed by atoms with Crippen molar-refractivity contribution in [2.45, 2.75) is 12.2 Å². The summed E-state index contributed by atoms with van der Waals surface area (Å²) in [5.74, 6) is 6.27. The summed E-state index contributed by atoms with van der Waals surface area (Å²) in [5.41, 5.74) is 2.90. The summed E-state index contributed by atoms with van der Waals surface area (Å²) in [7, 11) is 2.89. The molecule has 1 rings (SSSR count). The minimum atomic E-state index is -4.38. The van der Waals surface area contributed by atoms with Crippen LogP contribution in [0.3, 0.4) is 0 Å². The van der Waals surface area contributed by atoms with Gasteiger partial charge in [-0.1, -0.05) is 6.07 Å². The van der Waals surface area contributed by atoms with E-state index in [1.165, 1.54) is 14.2 Å². The minimum Gasteiger partial charge on any atom is -0.496 e. The van der Waals surface area contributed by atoms with Crippen LogP contribution < -0.4 is 20.7 Å². The lowest BCUT2D eigenvalue weighted by Crippen LogP contribution is -2.33. The summed E-state index contributed by atoms with van der Waals surface area (Å²) in [6, 6.07) is 4.33. The molecule has 114 valence electrons. The maximum atomic E-state index is 12.1. The third-order valence-corrected chi connectivity index (χ3v) is 2.57. The van der Waals surface area contributed by atoms with E-state index in [1.54, 1.807) is 18.2 Å². The number of hydrazine groups is 1. The zero-order valence-electron chi connectivity index (χ0n) is 11.2. The van der Waals surface area contributed by atoms with Crippen molar-refractivity contribution in [2.24, 2.45) is 5.84 Å². The standard InChI is InChI=1S/C12H17F3N2O3/c1-18-9-4-3-5-10(19-2)11(9)8(17-16)6-20-7-12(13,14)15/h3-5,8,17H,6-7,16H2,1-2H3. The first kappa shape index (κ1) is 16.5. The topological polar surface area (TPSA) is 65.7 Å². The molecule has 0 aliphatic heterocycles. The van der Waals surface area contributed by atoms with Gasteiger partial charge < -0.3 is 14.2 Å². The SMILES string of the molecule is COc1cccc(OC)c1C(COCC(F)(F)F)NN. The minimum absolute atomic E-state index is 0.271. The van der Waals surface area contributed by atoms with Gasteiger partial charge >= 0.3 is 6.18 Å². The number of halogens is 3. The molecule has 0 aliphatic rings. The molecule has 3 N–H and O–H groups in total. The molecule has 8 heteroatoms. The number of benzene rings is 1. The number of rotatable bonds is 7. The van der Waals surface area contributed by atoms with Gasteiger partial charge in [0.1, 0.15) is 18.1 Å². The Bertz CT molecular complexity index is 405. The van der Waals surface area contributed by atoms with Crippen LogP contribution in [-0.2, 0) is 4.74 Å². The van der Waals surface area contributed by atoms with Crippen LogP contribution in [0.25, 0.3) is 0 Å². The molecule has 1 atom stereocenters. The quantitative estimate of drug-likeness (QED) is 0.593. The predicted octanol–water partition coefficient (Wildman–Crippen LogP) is 1.79. The average molecular weight is 294 g/mol. The van der Waals surface area contributed by atoms with Crippen molar-refractivity contribution in [3.05, 3.63) is 23.8 Å². The number of hydrogen-bond donors (Lipinski definition) is 2. The molecular weight excluding hydrogens is 277 g/mol. The van der Waals surface area contributed by atoms with Crippen molar-refractivity contribution in [2.75, 3.05) is 27.4 Å². The van der Waals surface area contributed by atoms with Crippen LogP contribution in [0.1, 0.15) is 11.6 Å². The molecule has 0 heterocycles. The van der Waals surface area contributed by atoms with Crippen molar-refractivity contribution < 1.29 is 27.4 Å². The Hall–Kier alpha value is -1.51. The Balaban J connectivity index is 2.88. The lowest BCUT2D eigenvalue weighted by Gasteiger charge is -2.21. The maximum absolute atomic E-state index is 12.1. The zero-order valence-corrected chi connectivity index (χ0v) is 11.2. The van der Waals surface area contributed by atoms with Gasteiger partial charge in [-0.3, -0.25) is 11.3 Å². The zero-order chi connectivity index (χ0) is 15.2. The number of ether oxygens (including phenoxy) is 3. The van der Waals surface area contributed by atoms with E-state index < -0.39 is 18.8 Å². The van der Waals surface area contributed by atoms with Gasteiger partial charge in [0.25, 0.3) is 0 Å². The summed E-state index contributed by atoms with van der Waals surface area (Å²) < 4.78 is 51.2. The van der Waals surface area contributed by atoms with Gasteiger partial charge in [0.15, 0.2) is 0 Å². The van der Waals surface area contributed by atoms with Crippen LogP contribution in [0.4, 0.5) is 13.2 Å². The average Bonchev–Trinajstić information content (AvgIpc) is 2.41. The summed E-state index contributed by atoms with van der Waals surface area (Å²) in [6.45, 7) is -1.62. The van der Waals surface area contributed by atoms with Crippen molar-refractivity contribution in [1.82, 2.24) is 5.43 Å². The third-order valence-electron chi connectivity index (χ3n) is 2.57. The van der Waals surface area contributed by atoms with Crippen LogP contribution in [0.2, 0.25) is 0 Å². The van der Waals surface area contributed by atoms with Crippen molar-refractivity contribution in [3.63, 3.8) is 0 Å². The molecule has 5 nitrogen and oxygen atoms in total. The molecule has 1 unspecified atom stereocenters. The fraction of sp³-hybridized carbons (Fsp3) is 0.500. The lowest BCUT2D eigenvalue weighted by atomic mass is 10.1. The first-order valence-corrected chi connectivity index (χ1v) is 5.74. The lowest BCUT2D eigenvalue weighted by molar-refractivity contribution is -0.175. The molecule has 1 aromatic carbocycles.